The minimum absolute atomic E-state index is 0.260. The van der Waals surface area contributed by atoms with E-state index in [0.29, 0.717) is 17.3 Å². The van der Waals surface area contributed by atoms with E-state index in [0.717, 1.165) is 15.4 Å². The normalized spacial score (nSPS) is 10.6. The maximum Gasteiger partial charge on any atom is 0.287 e. The standard InChI is InChI=1S/C16H13ClN2O2S/c1-10-18-8-11(22-10)9-19-16(20)15-7-6-14(21-15)12-4-2-3-5-13(12)17/h2-8H,9H2,1H3,(H,19,20). The lowest BCUT2D eigenvalue weighted by Crippen LogP contribution is -2.21. The molecule has 0 bridgehead atoms. The highest BCUT2D eigenvalue weighted by atomic mass is 35.5. The highest BCUT2D eigenvalue weighted by molar-refractivity contribution is 7.11. The Hall–Kier alpha value is -2.11. The van der Waals surface area contributed by atoms with Gasteiger partial charge in [0.25, 0.3) is 5.91 Å². The molecule has 0 fully saturated rings. The average molecular weight is 333 g/mol. The molecule has 0 saturated heterocycles. The van der Waals surface area contributed by atoms with Gasteiger partial charge in [-0.15, -0.1) is 11.3 Å². The quantitative estimate of drug-likeness (QED) is 0.775. The molecule has 22 heavy (non-hydrogen) atoms. The summed E-state index contributed by atoms with van der Waals surface area (Å²) in [6.45, 7) is 2.37. The van der Waals surface area contributed by atoms with E-state index in [-0.39, 0.29) is 11.7 Å². The van der Waals surface area contributed by atoms with Gasteiger partial charge in [0.1, 0.15) is 5.76 Å². The Morgan fingerprint density at radius 3 is 2.86 bits per heavy atom. The fourth-order valence-corrected chi connectivity index (χ4v) is 2.97. The number of hydrogen-bond donors (Lipinski definition) is 1. The first kappa shape index (κ1) is 14.8. The first-order valence-corrected chi connectivity index (χ1v) is 7.87. The van der Waals surface area contributed by atoms with Gasteiger partial charge in [-0.05, 0) is 31.2 Å². The zero-order valence-electron chi connectivity index (χ0n) is 11.8. The van der Waals surface area contributed by atoms with Crippen molar-refractivity contribution in [1.29, 1.82) is 0 Å². The van der Waals surface area contributed by atoms with Gasteiger partial charge in [0, 0.05) is 16.6 Å². The van der Waals surface area contributed by atoms with Crippen molar-refractivity contribution in [3.63, 3.8) is 0 Å². The van der Waals surface area contributed by atoms with Crippen molar-refractivity contribution in [3.8, 4) is 11.3 Å². The third-order valence-electron chi connectivity index (χ3n) is 3.06. The van der Waals surface area contributed by atoms with Crippen molar-refractivity contribution < 1.29 is 9.21 Å². The Bertz CT molecular complexity index is 810. The Labute approximate surface area is 136 Å². The van der Waals surface area contributed by atoms with Gasteiger partial charge in [0.05, 0.1) is 16.6 Å². The number of aryl methyl sites for hydroxylation is 1. The average Bonchev–Trinajstić information content (AvgIpc) is 3.14. The lowest BCUT2D eigenvalue weighted by molar-refractivity contribution is 0.0924. The van der Waals surface area contributed by atoms with Crippen LogP contribution in [0, 0.1) is 6.92 Å². The van der Waals surface area contributed by atoms with Crippen LogP contribution in [0.1, 0.15) is 20.4 Å². The van der Waals surface area contributed by atoms with Gasteiger partial charge < -0.3 is 9.73 Å². The molecule has 2 heterocycles. The molecule has 3 rings (SSSR count). The van der Waals surface area contributed by atoms with Gasteiger partial charge in [-0.1, -0.05) is 23.7 Å². The van der Waals surface area contributed by atoms with Crippen molar-refractivity contribution in [1.82, 2.24) is 10.3 Å². The highest BCUT2D eigenvalue weighted by Gasteiger charge is 2.13. The molecular weight excluding hydrogens is 320 g/mol. The van der Waals surface area contributed by atoms with Gasteiger partial charge in [0.15, 0.2) is 5.76 Å². The molecule has 0 aliphatic carbocycles. The molecular formula is C16H13ClN2O2S. The molecule has 0 atom stereocenters. The number of halogens is 1. The summed E-state index contributed by atoms with van der Waals surface area (Å²) in [5, 5.41) is 4.37. The zero-order valence-corrected chi connectivity index (χ0v) is 13.4. The number of thiazole rings is 1. The molecule has 2 aromatic heterocycles. The molecule has 1 amide bonds. The van der Waals surface area contributed by atoms with Gasteiger partial charge in [-0.3, -0.25) is 4.79 Å². The maximum absolute atomic E-state index is 12.1. The predicted molar refractivity (Wildman–Crippen MR) is 87.2 cm³/mol. The number of aromatic nitrogens is 1. The van der Waals surface area contributed by atoms with E-state index in [9.17, 15) is 4.79 Å². The number of nitrogens with zero attached hydrogens (tertiary/aromatic N) is 1. The second-order valence-corrected chi connectivity index (χ2v) is 6.40. The van der Waals surface area contributed by atoms with E-state index in [1.54, 1.807) is 35.7 Å². The third kappa shape index (κ3) is 3.21. The molecule has 0 saturated carbocycles. The van der Waals surface area contributed by atoms with Crippen molar-refractivity contribution in [2.75, 3.05) is 0 Å². The predicted octanol–water partition coefficient (Wildman–Crippen LogP) is 4.29. The number of hydrogen-bond acceptors (Lipinski definition) is 4. The van der Waals surface area contributed by atoms with E-state index in [4.69, 9.17) is 16.0 Å². The van der Waals surface area contributed by atoms with E-state index < -0.39 is 0 Å². The number of carbonyl (C=O) groups is 1. The van der Waals surface area contributed by atoms with Crippen LogP contribution in [0.3, 0.4) is 0 Å². The molecule has 0 unspecified atom stereocenters. The smallest absolute Gasteiger partial charge is 0.287 e. The topological polar surface area (TPSA) is 55.1 Å². The molecule has 3 aromatic rings. The molecule has 6 heteroatoms. The Morgan fingerprint density at radius 2 is 2.14 bits per heavy atom. The van der Waals surface area contributed by atoms with Crippen LogP contribution < -0.4 is 5.32 Å². The Morgan fingerprint density at radius 1 is 1.32 bits per heavy atom. The van der Waals surface area contributed by atoms with Crippen molar-refractivity contribution >= 4 is 28.8 Å². The molecule has 4 nitrogen and oxygen atoms in total. The summed E-state index contributed by atoms with van der Waals surface area (Å²) in [5.74, 6) is 0.574. The van der Waals surface area contributed by atoms with Gasteiger partial charge in [-0.25, -0.2) is 4.98 Å². The van der Waals surface area contributed by atoms with Crippen molar-refractivity contribution in [2.45, 2.75) is 13.5 Å². The van der Waals surface area contributed by atoms with Crippen LogP contribution in [0.4, 0.5) is 0 Å². The van der Waals surface area contributed by atoms with Gasteiger partial charge in [-0.2, -0.15) is 0 Å². The number of amides is 1. The Balaban J connectivity index is 1.70. The van der Waals surface area contributed by atoms with E-state index >= 15 is 0 Å². The molecule has 0 aliphatic heterocycles. The summed E-state index contributed by atoms with van der Waals surface area (Å²) >= 11 is 7.68. The molecule has 0 aliphatic rings. The first-order chi connectivity index (χ1) is 10.6. The van der Waals surface area contributed by atoms with Crippen molar-refractivity contribution in [2.24, 2.45) is 0 Å². The molecule has 1 N–H and O–H groups in total. The van der Waals surface area contributed by atoms with Gasteiger partial charge >= 0.3 is 0 Å². The maximum atomic E-state index is 12.1. The van der Waals surface area contributed by atoms with E-state index in [1.165, 1.54) is 0 Å². The lowest BCUT2D eigenvalue weighted by Gasteiger charge is -2.01. The third-order valence-corrected chi connectivity index (χ3v) is 4.30. The van der Waals surface area contributed by atoms with Crippen LogP contribution in [-0.4, -0.2) is 10.9 Å². The minimum Gasteiger partial charge on any atom is -0.451 e. The van der Waals surface area contributed by atoms with Crippen LogP contribution in [0.5, 0.6) is 0 Å². The summed E-state index contributed by atoms with van der Waals surface area (Å²) < 4.78 is 5.60. The zero-order chi connectivity index (χ0) is 15.5. The summed E-state index contributed by atoms with van der Waals surface area (Å²) in [5.41, 5.74) is 0.765. The summed E-state index contributed by atoms with van der Waals surface area (Å²) in [6.07, 6.45) is 1.76. The second kappa shape index (κ2) is 6.34. The van der Waals surface area contributed by atoms with Crippen LogP contribution in [0.2, 0.25) is 5.02 Å². The van der Waals surface area contributed by atoms with Crippen LogP contribution >= 0.6 is 22.9 Å². The highest BCUT2D eigenvalue weighted by Crippen LogP contribution is 2.29. The monoisotopic (exact) mass is 332 g/mol. The molecule has 1 aromatic carbocycles. The molecule has 0 radical (unpaired) electrons. The number of nitrogens with one attached hydrogen (secondary N) is 1. The number of furan rings is 1. The molecule has 0 spiro atoms. The number of carbonyl (C=O) groups excluding carboxylic acids is 1. The van der Waals surface area contributed by atoms with Crippen LogP contribution in [0.15, 0.2) is 47.0 Å². The first-order valence-electron chi connectivity index (χ1n) is 6.68. The fraction of sp³-hybridized carbons (Fsp3) is 0.125. The van der Waals surface area contributed by atoms with E-state index in [1.807, 2.05) is 25.1 Å². The number of benzene rings is 1. The van der Waals surface area contributed by atoms with Crippen molar-refractivity contribution in [3.05, 3.63) is 63.3 Å². The second-order valence-electron chi connectivity index (χ2n) is 4.67. The van der Waals surface area contributed by atoms with Crippen LogP contribution in [0.25, 0.3) is 11.3 Å². The SMILES string of the molecule is Cc1ncc(CNC(=O)c2ccc(-c3ccccc3Cl)o2)s1. The van der Waals surface area contributed by atoms with E-state index in [2.05, 4.69) is 10.3 Å². The fourth-order valence-electron chi connectivity index (χ4n) is 2.01. The largest absolute Gasteiger partial charge is 0.451 e. The summed E-state index contributed by atoms with van der Waals surface area (Å²) in [4.78, 5) is 17.3. The summed E-state index contributed by atoms with van der Waals surface area (Å²) in [6, 6.07) is 10.7. The molecule has 112 valence electrons. The lowest BCUT2D eigenvalue weighted by atomic mass is 10.2. The number of rotatable bonds is 4. The minimum atomic E-state index is -0.260. The van der Waals surface area contributed by atoms with Crippen LogP contribution in [-0.2, 0) is 6.54 Å². The summed E-state index contributed by atoms with van der Waals surface area (Å²) in [7, 11) is 0. The van der Waals surface area contributed by atoms with Gasteiger partial charge in [0.2, 0.25) is 0 Å². The Kier molecular flexibility index (Phi) is 4.27.